The van der Waals surface area contributed by atoms with E-state index >= 15 is 0 Å². The van der Waals surface area contributed by atoms with Gasteiger partial charge in [0.2, 0.25) is 5.91 Å². The van der Waals surface area contributed by atoms with Crippen LogP contribution in [0.4, 0.5) is 0 Å². The Labute approximate surface area is 156 Å². The predicted molar refractivity (Wildman–Crippen MR) is 101 cm³/mol. The highest BCUT2D eigenvalue weighted by Gasteiger charge is 2.27. The highest BCUT2D eigenvalue weighted by Crippen LogP contribution is 2.23. The molecule has 5 nitrogen and oxygen atoms in total. The summed E-state index contributed by atoms with van der Waals surface area (Å²) in [5, 5.41) is 2.97. The number of hydrogen-bond donors (Lipinski definition) is 1. The normalized spacial score (nSPS) is 21.7. The number of hydrogen-bond acceptors (Lipinski definition) is 4. The van der Waals surface area contributed by atoms with Crippen LogP contribution in [0.25, 0.3) is 0 Å². The summed E-state index contributed by atoms with van der Waals surface area (Å²) in [7, 11) is 0. The molecule has 0 aromatic heterocycles. The molecule has 2 heterocycles. The summed E-state index contributed by atoms with van der Waals surface area (Å²) < 4.78 is 5.53. The van der Waals surface area contributed by atoms with E-state index in [1.807, 2.05) is 26.0 Å². The molecule has 0 bridgehead atoms. The van der Waals surface area contributed by atoms with Gasteiger partial charge in [-0.3, -0.25) is 14.5 Å². The number of nitrogens with one attached hydrogen (secondary N) is 1. The standard InChI is InChI=1S/C21H30N2O3/c1-15-5-6-19(16(2)12-15)21(25)17-7-9-23(10-8-17)14-20(24)22-13-18-4-3-11-26-18/h5-6,12,17-18H,3-4,7-11,13-14H2,1-2H3,(H,22,24)/t18-/m0/s1. The minimum absolute atomic E-state index is 0.0552. The molecule has 0 aliphatic carbocycles. The van der Waals surface area contributed by atoms with Gasteiger partial charge in [-0.1, -0.05) is 23.8 Å². The fourth-order valence-corrected chi connectivity index (χ4v) is 3.96. The molecule has 1 N–H and O–H groups in total. The molecule has 0 unspecified atom stereocenters. The first-order valence-corrected chi connectivity index (χ1v) is 9.75. The van der Waals surface area contributed by atoms with E-state index < -0.39 is 0 Å². The molecule has 1 amide bonds. The van der Waals surface area contributed by atoms with Crippen LogP contribution in [0.3, 0.4) is 0 Å². The van der Waals surface area contributed by atoms with Gasteiger partial charge in [0.25, 0.3) is 0 Å². The molecule has 1 aromatic rings. The number of carbonyl (C=O) groups excluding carboxylic acids is 2. The summed E-state index contributed by atoms with van der Waals surface area (Å²) in [6.07, 6.45) is 3.95. The average Bonchev–Trinajstić information content (AvgIpc) is 3.14. The van der Waals surface area contributed by atoms with E-state index in [4.69, 9.17) is 4.74 Å². The quantitative estimate of drug-likeness (QED) is 0.794. The predicted octanol–water partition coefficient (Wildman–Crippen LogP) is 2.49. The van der Waals surface area contributed by atoms with Crippen molar-refractivity contribution in [2.24, 2.45) is 5.92 Å². The SMILES string of the molecule is Cc1ccc(C(=O)C2CCN(CC(=O)NC[C@@H]3CCCO3)CC2)c(C)c1. The van der Waals surface area contributed by atoms with Gasteiger partial charge in [0.15, 0.2) is 5.78 Å². The van der Waals surface area contributed by atoms with Crippen molar-refractivity contribution in [2.75, 3.05) is 32.8 Å². The fourth-order valence-electron chi connectivity index (χ4n) is 3.96. The molecule has 26 heavy (non-hydrogen) atoms. The van der Waals surface area contributed by atoms with Crippen LogP contribution in [0.15, 0.2) is 18.2 Å². The molecule has 2 saturated heterocycles. The van der Waals surface area contributed by atoms with Crippen LogP contribution < -0.4 is 5.32 Å². The van der Waals surface area contributed by atoms with Gasteiger partial charge in [-0.05, 0) is 58.2 Å². The third kappa shape index (κ3) is 4.92. The van der Waals surface area contributed by atoms with Gasteiger partial charge in [0, 0.05) is 24.6 Å². The number of piperidine rings is 1. The van der Waals surface area contributed by atoms with E-state index in [1.54, 1.807) is 0 Å². The molecular formula is C21H30N2O3. The second kappa shape index (κ2) is 8.78. The number of ketones is 1. The minimum atomic E-state index is 0.0552. The zero-order valence-electron chi connectivity index (χ0n) is 15.9. The molecule has 0 saturated carbocycles. The Morgan fingerprint density at radius 3 is 2.62 bits per heavy atom. The largest absolute Gasteiger partial charge is 0.376 e. The van der Waals surface area contributed by atoms with Gasteiger partial charge >= 0.3 is 0 Å². The molecule has 1 atom stereocenters. The number of rotatable bonds is 6. The zero-order valence-corrected chi connectivity index (χ0v) is 15.9. The third-order valence-electron chi connectivity index (χ3n) is 5.52. The number of nitrogens with zero attached hydrogens (tertiary/aromatic N) is 1. The molecule has 142 valence electrons. The van der Waals surface area contributed by atoms with Crippen molar-refractivity contribution < 1.29 is 14.3 Å². The van der Waals surface area contributed by atoms with E-state index in [2.05, 4.69) is 16.3 Å². The summed E-state index contributed by atoms with van der Waals surface area (Å²) in [5.74, 6) is 0.382. The molecule has 1 aromatic carbocycles. The van der Waals surface area contributed by atoms with Crippen molar-refractivity contribution >= 4 is 11.7 Å². The van der Waals surface area contributed by atoms with Crippen molar-refractivity contribution in [2.45, 2.75) is 45.6 Å². The summed E-state index contributed by atoms with van der Waals surface area (Å²) >= 11 is 0. The number of ether oxygens (including phenoxy) is 1. The minimum Gasteiger partial charge on any atom is -0.376 e. The Morgan fingerprint density at radius 2 is 1.96 bits per heavy atom. The summed E-state index contributed by atoms with van der Waals surface area (Å²) in [5.41, 5.74) is 3.09. The molecular weight excluding hydrogens is 328 g/mol. The smallest absolute Gasteiger partial charge is 0.234 e. The van der Waals surface area contributed by atoms with Crippen molar-refractivity contribution in [1.82, 2.24) is 10.2 Å². The molecule has 2 fully saturated rings. The van der Waals surface area contributed by atoms with Crippen LogP contribution in [0, 0.1) is 19.8 Å². The fraction of sp³-hybridized carbons (Fsp3) is 0.619. The van der Waals surface area contributed by atoms with Crippen LogP contribution in [0.5, 0.6) is 0 Å². The van der Waals surface area contributed by atoms with Gasteiger partial charge in [-0.25, -0.2) is 0 Å². The monoisotopic (exact) mass is 358 g/mol. The topological polar surface area (TPSA) is 58.6 Å². The maximum atomic E-state index is 12.8. The lowest BCUT2D eigenvalue weighted by molar-refractivity contribution is -0.123. The Balaban J connectivity index is 1.43. The van der Waals surface area contributed by atoms with Crippen molar-refractivity contribution in [3.05, 3.63) is 34.9 Å². The summed E-state index contributed by atoms with van der Waals surface area (Å²) in [6.45, 7) is 7.49. The third-order valence-corrected chi connectivity index (χ3v) is 5.52. The molecule has 5 heteroatoms. The molecule has 0 radical (unpaired) electrons. The number of carbonyl (C=O) groups is 2. The highest BCUT2D eigenvalue weighted by molar-refractivity contribution is 5.99. The summed E-state index contributed by atoms with van der Waals surface area (Å²) in [6, 6.07) is 6.03. The van der Waals surface area contributed by atoms with Crippen molar-refractivity contribution in [3.8, 4) is 0 Å². The van der Waals surface area contributed by atoms with Gasteiger partial charge in [0.05, 0.1) is 12.6 Å². The second-order valence-corrected chi connectivity index (χ2v) is 7.67. The lowest BCUT2D eigenvalue weighted by Gasteiger charge is -2.31. The second-order valence-electron chi connectivity index (χ2n) is 7.67. The molecule has 3 rings (SSSR count). The van der Waals surface area contributed by atoms with Crippen LogP contribution in [0.1, 0.15) is 47.2 Å². The number of likely N-dealkylation sites (tertiary alicyclic amines) is 1. The maximum Gasteiger partial charge on any atom is 0.234 e. The van der Waals surface area contributed by atoms with Gasteiger partial charge in [-0.2, -0.15) is 0 Å². The number of aryl methyl sites for hydroxylation is 2. The lowest BCUT2D eigenvalue weighted by Crippen LogP contribution is -2.44. The number of benzene rings is 1. The van der Waals surface area contributed by atoms with Crippen LogP contribution in [-0.4, -0.2) is 55.5 Å². The van der Waals surface area contributed by atoms with Gasteiger partial charge < -0.3 is 10.1 Å². The number of Topliss-reactive ketones (excluding diaryl/α,β-unsaturated/α-hetero) is 1. The van der Waals surface area contributed by atoms with Crippen LogP contribution in [0.2, 0.25) is 0 Å². The zero-order chi connectivity index (χ0) is 18.5. The van der Waals surface area contributed by atoms with E-state index in [9.17, 15) is 9.59 Å². The summed E-state index contributed by atoms with van der Waals surface area (Å²) in [4.78, 5) is 27.1. The van der Waals surface area contributed by atoms with Crippen LogP contribution in [-0.2, 0) is 9.53 Å². The van der Waals surface area contributed by atoms with Gasteiger partial charge in [0.1, 0.15) is 0 Å². The van der Waals surface area contributed by atoms with Crippen molar-refractivity contribution in [3.63, 3.8) is 0 Å². The van der Waals surface area contributed by atoms with Crippen LogP contribution >= 0.6 is 0 Å². The Morgan fingerprint density at radius 1 is 1.19 bits per heavy atom. The molecule has 0 spiro atoms. The number of amides is 1. The average molecular weight is 358 g/mol. The lowest BCUT2D eigenvalue weighted by atomic mass is 9.87. The van der Waals surface area contributed by atoms with Gasteiger partial charge in [-0.15, -0.1) is 0 Å². The molecule has 2 aliphatic rings. The maximum absolute atomic E-state index is 12.8. The first-order valence-electron chi connectivity index (χ1n) is 9.75. The van der Waals surface area contributed by atoms with E-state index in [0.717, 1.165) is 56.5 Å². The Bertz CT molecular complexity index is 645. The van der Waals surface area contributed by atoms with E-state index in [1.165, 1.54) is 5.56 Å². The molecule has 2 aliphatic heterocycles. The Kier molecular flexibility index (Phi) is 6.43. The first-order chi connectivity index (χ1) is 12.5. The van der Waals surface area contributed by atoms with E-state index in [-0.39, 0.29) is 23.7 Å². The van der Waals surface area contributed by atoms with Crippen molar-refractivity contribution in [1.29, 1.82) is 0 Å². The highest BCUT2D eigenvalue weighted by atomic mass is 16.5. The Hall–Kier alpha value is -1.72. The first kappa shape index (κ1) is 19.1. The van der Waals surface area contributed by atoms with E-state index in [0.29, 0.717) is 13.1 Å².